The topological polar surface area (TPSA) is 115 Å². The van der Waals surface area contributed by atoms with Gasteiger partial charge in [-0.1, -0.05) is 0 Å². The Morgan fingerprint density at radius 2 is 1.84 bits per heavy atom. The summed E-state index contributed by atoms with van der Waals surface area (Å²) in [5.74, 6) is 1.01. The van der Waals surface area contributed by atoms with Crippen molar-refractivity contribution in [2.24, 2.45) is 29.4 Å². The number of nitrogens with zero attached hydrogens (tertiary/aromatic N) is 2. The van der Waals surface area contributed by atoms with Crippen LogP contribution < -0.4 is 27.1 Å². The van der Waals surface area contributed by atoms with Crippen LogP contribution in [0.2, 0.25) is 0 Å². The van der Waals surface area contributed by atoms with Gasteiger partial charge in [-0.3, -0.25) is 14.9 Å². The Balaban J connectivity index is 1.19. The number of carbonyl (C=O) groups is 2. The number of alkyl halides is 1. The van der Waals surface area contributed by atoms with Crippen LogP contribution in [0.1, 0.15) is 32.1 Å². The van der Waals surface area contributed by atoms with E-state index in [4.69, 9.17) is 5.73 Å². The van der Waals surface area contributed by atoms with Crippen LogP contribution in [0, 0.1) is 23.7 Å². The first kappa shape index (κ1) is 21.5. The monoisotopic (exact) mass is 437 g/mol. The number of hydrazine groups is 1. The highest BCUT2D eigenvalue weighted by molar-refractivity contribution is 5.81. The van der Waals surface area contributed by atoms with Gasteiger partial charge in [-0.2, -0.15) is 0 Å². The third-order valence-electron chi connectivity index (χ3n) is 7.87. The quantitative estimate of drug-likeness (QED) is 0.372. The van der Waals surface area contributed by atoms with E-state index < -0.39 is 18.3 Å². The molecule has 0 spiro atoms. The molecular weight excluding hydrogens is 401 g/mol. The standard InChI is InChI=1S/C21H36FN7O2/c22-14-9-25-19-17(18(23)27-29(19)11-14)20(30)26-16-10-24-6-3-15(16)12-4-7-28(8-5-12)21(31)13-1-2-13/h12-19,24-25,27H,1-11,23H2,(H,26,30). The summed E-state index contributed by atoms with van der Waals surface area (Å²) in [4.78, 5) is 27.7. The van der Waals surface area contributed by atoms with Crippen LogP contribution >= 0.6 is 0 Å². The van der Waals surface area contributed by atoms with Gasteiger partial charge in [-0.25, -0.2) is 14.8 Å². The SMILES string of the molecule is NC1NN2CC(F)CNC2C1C(=O)NC1CNCCC1C1CCN(C(=O)C2CC2)CC1. The molecule has 4 aliphatic heterocycles. The molecule has 5 rings (SSSR count). The van der Waals surface area contributed by atoms with Crippen LogP contribution in [-0.4, -0.2) is 85.5 Å². The Labute approximate surface area is 183 Å². The molecule has 6 atom stereocenters. The molecule has 6 unspecified atom stereocenters. The second-order valence-corrected chi connectivity index (χ2v) is 9.99. The number of hydrogen-bond acceptors (Lipinski definition) is 7. The Kier molecular flexibility index (Phi) is 6.17. The maximum Gasteiger partial charge on any atom is 0.229 e. The van der Waals surface area contributed by atoms with Crippen molar-refractivity contribution < 1.29 is 14.0 Å². The summed E-state index contributed by atoms with van der Waals surface area (Å²) in [7, 11) is 0. The molecule has 0 bridgehead atoms. The smallest absolute Gasteiger partial charge is 0.229 e. The molecule has 1 aliphatic carbocycles. The lowest BCUT2D eigenvalue weighted by Gasteiger charge is -2.42. The Hall–Kier alpha value is -1.33. The molecule has 0 aromatic carbocycles. The molecule has 9 nitrogen and oxygen atoms in total. The lowest BCUT2D eigenvalue weighted by Crippen LogP contribution is -2.61. The minimum absolute atomic E-state index is 0.0516. The van der Waals surface area contributed by atoms with Crippen LogP contribution in [0.15, 0.2) is 0 Å². The first-order valence-corrected chi connectivity index (χ1v) is 12.0. The third kappa shape index (κ3) is 4.45. The molecule has 0 radical (unpaired) electrons. The molecule has 31 heavy (non-hydrogen) atoms. The van der Waals surface area contributed by atoms with Crippen molar-refractivity contribution in [3.05, 3.63) is 0 Å². The maximum atomic E-state index is 13.7. The minimum atomic E-state index is -0.970. The Morgan fingerprint density at radius 1 is 1.06 bits per heavy atom. The van der Waals surface area contributed by atoms with Gasteiger partial charge in [0.25, 0.3) is 0 Å². The number of fused-ring (bicyclic) bond motifs is 1. The molecule has 174 valence electrons. The number of halogens is 1. The molecule has 0 aromatic heterocycles. The largest absolute Gasteiger partial charge is 0.351 e. The summed E-state index contributed by atoms with van der Waals surface area (Å²) in [6, 6.07) is 0.0516. The molecule has 4 saturated heterocycles. The van der Waals surface area contributed by atoms with Gasteiger partial charge in [0.05, 0.1) is 18.2 Å². The molecule has 4 heterocycles. The lowest BCUT2D eigenvalue weighted by atomic mass is 9.76. The number of amides is 2. The molecule has 0 aromatic rings. The van der Waals surface area contributed by atoms with Gasteiger partial charge in [0, 0.05) is 44.7 Å². The van der Waals surface area contributed by atoms with Crippen molar-refractivity contribution in [1.82, 2.24) is 31.3 Å². The highest BCUT2D eigenvalue weighted by Crippen LogP contribution is 2.35. The summed E-state index contributed by atoms with van der Waals surface area (Å²) in [6.07, 6.45) is 3.37. The number of nitrogens with two attached hydrogens (primary N) is 1. The number of rotatable bonds is 4. The Bertz CT molecular complexity index is 685. The predicted octanol–water partition coefficient (Wildman–Crippen LogP) is -1.28. The number of likely N-dealkylation sites (tertiary alicyclic amines) is 1. The average Bonchev–Trinajstić information content (AvgIpc) is 3.56. The summed E-state index contributed by atoms with van der Waals surface area (Å²) in [5.41, 5.74) is 9.26. The summed E-state index contributed by atoms with van der Waals surface area (Å²) >= 11 is 0. The van der Waals surface area contributed by atoms with Crippen molar-refractivity contribution in [2.75, 3.05) is 39.3 Å². The molecule has 1 saturated carbocycles. The van der Waals surface area contributed by atoms with Crippen LogP contribution in [0.4, 0.5) is 4.39 Å². The number of nitrogens with one attached hydrogen (secondary N) is 4. The second-order valence-electron chi connectivity index (χ2n) is 9.99. The van der Waals surface area contributed by atoms with E-state index in [9.17, 15) is 14.0 Å². The van der Waals surface area contributed by atoms with Gasteiger partial charge in [-0.05, 0) is 50.5 Å². The van der Waals surface area contributed by atoms with Crippen LogP contribution in [-0.2, 0) is 9.59 Å². The first-order chi connectivity index (χ1) is 15.0. The third-order valence-corrected chi connectivity index (χ3v) is 7.87. The van der Waals surface area contributed by atoms with Crippen LogP contribution in [0.5, 0.6) is 0 Å². The van der Waals surface area contributed by atoms with E-state index in [1.807, 2.05) is 4.90 Å². The van der Waals surface area contributed by atoms with Gasteiger partial charge in [0.2, 0.25) is 11.8 Å². The van der Waals surface area contributed by atoms with Crippen molar-refractivity contribution in [2.45, 2.75) is 56.6 Å². The van der Waals surface area contributed by atoms with Crippen LogP contribution in [0.3, 0.4) is 0 Å². The van der Waals surface area contributed by atoms with Crippen molar-refractivity contribution >= 4 is 11.8 Å². The Morgan fingerprint density at radius 3 is 2.58 bits per heavy atom. The molecule has 6 N–H and O–H groups in total. The summed E-state index contributed by atoms with van der Waals surface area (Å²) < 4.78 is 13.7. The fourth-order valence-corrected chi connectivity index (χ4v) is 6.00. The van der Waals surface area contributed by atoms with E-state index in [-0.39, 0.29) is 37.1 Å². The van der Waals surface area contributed by atoms with Crippen molar-refractivity contribution in [3.8, 4) is 0 Å². The van der Waals surface area contributed by atoms with E-state index in [0.717, 1.165) is 58.3 Å². The van der Waals surface area contributed by atoms with Gasteiger partial charge in [0.1, 0.15) is 6.17 Å². The molecular formula is C21H36FN7O2. The average molecular weight is 438 g/mol. The number of hydrogen-bond donors (Lipinski definition) is 5. The fourth-order valence-electron chi connectivity index (χ4n) is 6.00. The minimum Gasteiger partial charge on any atom is -0.351 e. The van der Waals surface area contributed by atoms with E-state index in [2.05, 4.69) is 21.4 Å². The van der Waals surface area contributed by atoms with E-state index in [1.165, 1.54) is 0 Å². The van der Waals surface area contributed by atoms with Crippen LogP contribution in [0.25, 0.3) is 0 Å². The van der Waals surface area contributed by atoms with E-state index >= 15 is 0 Å². The maximum absolute atomic E-state index is 13.7. The van der Waals surface area contributed by atoms with E-state index in [0.29, 0.717) is 17.7 Å². The molecule has 5 fully saturated rings. The summed E-state index contributed by atoms with van der Waals surface area (Å²) in [6.45, 7) is 3.87. The number of carbonyl (C=O) groups excluding carboxylic acids is 2. The zero-order valence-electron chi connectivity index (χ0n) is 18.1. The highest BCUT2D eigenvalue weighted by Gasteiger charge is 2.48. The van der Waals surface area contributed by atoms with Gasteiger partial charge >= 0.3 is 0 Å². The normalized spacial score (nSPS) is 39.9. The lowest BCUT2D eigenvalue weighted by molar-refractivity contribution is -0.134. The molecule has 10 heteroatoms. The predicted molar refractivity (Wildman–Crippen MR) is 113 cm³/mol. The van der Waals surface area contributed by atoms with E-state index in [1.54, 1.807) is 5.01 Å². The fraction of sp³-hybridized carbons (Fsp3) is 0.905. The first-order valence-electron chi connectivity index (χ1n) is 12.0. The zero-order valence-corrected chi connectivity index (χ0v) is 18.1. The van der Waals surface area contributed by atoms with Crippen molar-refractivity contribution in [3.63, 3.8) is 0 Å². The zero-order chi connectivity index (χ0) is 21.5. The second kappa shape index (κ2) is 8.90. The van der Waals surface area contributed by atoms with Gasteiger partial charge in [0.15, 0.2) is 0 Å². The molecule has 2 amide bonds. The molecule has 5 aliphatic rings. The van der Waals surface area contributed by atoms with Gasteiger partial charge in [-0.15, -0.1) is 0 Å². The number of piperidine rings is 2. The summed E-state index contributed by atoms with van der Waals surface area (Å²) in [5, 5.41) is 11.6. The highest BCUT2D eigenvalue weighted by atomic mass is 19.1. The van der Waals surface area contributed by atoms with Crippen molar-refractivity contribution in [1.29, 1.82) is 0 Å². The van der Waals surface area contributed by atoms with Gasteiger partial charge < -0.3 is 21.3 Å².